The van der Waals surface area contributed by atoms with E-state index in [0.29, 0.717) is 37.8 Å². The number of nitrogens with zero attached hydrogens (tertiary/aromatic N) is 4. The molecule has 158 valence electrons. The zero-order valence-corrected chi connectivity index (χ0v) is 16.5. The van der Waals surface area contributed by atoms with Gasteiger partial charge in [-0.15, -0.1) is 0 Å². The molecule has 0 N–H and O–H groups in total. The Kier molecular flexibility index (Phi) is 5.70. The lowest BCUT2D eigenvalue weighted by Gasteiger charge is -2.33. The van der Waals surface area contributed by atoms with Gasteiger partial charge < -0.3 is 9.47 Å². The van der Waals surface area contributed by atoms with E-state index in [1.165, 1.54) is 28.8 Å². The Morgan fingerprint density at radius 2 is 1.79 bits per heavy atom. The highest BCUT2D eigenvalue weighted by Gasteiger charge is 2.30. The number of hydrogen-bond acceptors (Lipinski definition) is 6. The van der Waals surface area contributed by atoms with Gasteiger partial charge in [-0.05, 0) is 12.1 Å². The summed E-state index contributed by atoms with van der Waals surface area (Å²) < 4.78 is 65.3. The maximum absolute atomic E-state index is 13.0. The van der Waals surface area contributed by atoms with Gasteiger partial charge in [-0.3, -0.25) is 9.47 Å². The van der Waals surface area contributed by atoms with Gasteiger partial charge in [-0.2, -0.15) is 13.1 Å². The van der Waals surface area contributed by atoms with Gasteiger partial charge in [0.2, 0.25) is 10.0 Å². The van der Waals surface area contributed by atoms with Crippen molar-refractivity contribution in [2.75, 3.05) is 39.4 Å². The topological polar surface area (TPSA) is 76.9 Å². The predicted octanol–water partition coefficient (Wildman–Crippen LogP) is 1.95. The maximum Gasteiger partial charge on any atom is 0.319 e. The summed E-state index contributed by atoms with van der Waals surface area (Å²) in [7, 11) is -3.68. The lowest BCUT2D eigenvalue weighted by atomic mass is 10.3. The Bertz CT molecular complexity index is 959. The summed E-state index contributed by atoms with van der Waals surface area (Å²) in [6, 6.07) is 4.64. The molecule has 0 amide bonds. The SMILES string of the molecule is O=S(=O)(c1ccc2c(c1)OCCCO2)N1CCN(Cc2nccn2C(F)F)CC1. The van der Waals surface area contributed by atoms with Crippen LogP contribution in [-0.2, 0) is 16.6 Å². The number of sulfonamides is 1. The molecule has 0 saturated carbocycles. The van der Waals surface area contributed by atoms with Crippen molar-refractivity contribution < 1.29 is 26.7 Å². The maximum atomic E-state index is 13.0. The number of fused-ring (bicyclic) bond motifs is 1. The minimum absolute atomic E-state index is 0.156. The van der Waals surface area contributed by atoms with Crippen LogP contribution in [0.1, 0.15) is 18.8 Å². The zero-order chi connectivity index (χ0) is 20.4. The summed E-state index contributed by atoms with van der Waals surface area (Å²) in [6.45, 7) is 0.00967. The molecular formula is C18H22F2N4O4S. The summed E-state index contributed by atoms with van der Waals surface area (Å²) in [6.07, 6.45) is 3.32. The van der Waals surface area contributed by atoms with Gasteiger partial charge in [-0.1, -0.05) is 0 Å². The molecule has 29 heavy (non-hydrogen) atoms. The van der Waals surface area contributed by atoms with Crippen LogP contribution in [0.3, 0.4) is 0 Å². The molecule has 8 nitrogen and oxygen atoms in total. The van der Waals surface area contributed by atoms with Gasteiger partial charge in [0.25, 0.3) is 0 Å². The van der Waals surface area contributed by atoms with Crippen molar-refractivity contribution >= 4 is 10.0 Å². The second kappa shape index (κ2) is 8.25. The molecule has 0 spiro atoms. The Labute approximate surface area is 167 Å². The van der Waals surface area contributed by atoms with Crippen molar-refractivity contribution in [3.63, 3.8) is 0 Å². The largest absolute Gasteiger partial charge is 0.490 e. The van der Waals surface area contributed by atoms with Crippen molar-refractivity contribution in [2.24, 2.45) is 0 Å². The van der Waals surface area contributed by atoms with Crippen LogP contribution in [0.5, 0.6) is 11.5 Å². The highest BCUT2D eigenvalue weighted by atomic mass is 32.2. The lowest BCUT2D eigenvalue weighted by Crippen LogP contribution is -2.48. The minimum Gasteiger partial charge on any atom is -0.490 e. The first kappa shape index (κ1) is 20.0. The summed E-state index contributed by atoms with van der Waals surface area (Å²) in [5.41, 5.74) is 0. The molecule has 2 aliphatic rings. The minimum atomic E-state index is -3.68. The van der Waals surface area contributed by atoms with E-state index in [1.54, 1.807) is 6.07 Å². The predicted molar refractivity (Wildman–Crippen MR) is 99.6 cm³/mol. The van der Waals surface area contributed by atoms with Crippen LogP contribution in [0.4, 0.5) is 8.78 Å². The number of hydrogen-bond donors (Lipinski definition) is 0. The van der Waals surface area contributed by atoms with E-state index in [0.717, 1.165) is 11.0 Å². The van der Waals surface area contributed by atoms with E-state index in [4.69, 9.17) is 9.47 Å². The summed E-state index contributed by atoms with van der Waals surface area (Å²) in [4.78, 5) is 6.05. The molecule has 1 aromatic heterocycles. The monoisotopic (exact) mass is 428 g/mol. The number of piperazine rings is 1. The summed E-state index contributed by atoms with van der Waals surface area (Å²) in [5.74, 6) is 1.24. The first-order chi connectivity index (χ1) is 13.9. The average molecular weight is 428 g/mol. The number of halogens is 2. The molecule has 0 bridgehead atoms. The van der Waals surface area contributed by atoms with Crippen LogP contribution in [-0.4, -0.2) is 66.6 Å². The molecule has 0 unspecified atom stereocenters. The number of alkyl halides is 2. The van der Waals surface area contributed by atoms with E-state index in [2.05, 4.69) is 4.98 Å². The molecule has 3 heterocycles. The Morgan fingerprint density at radius 1 is 1.07 bits per heavy atom. The molecule has 2 aliphatic heterocycles. The highest BCUT2D eigenvalue weighted by molar-refractivity contribution is 7.89. The quantitative estimate of drug-likeness (QED) is 0.725. The van der Waals surface area contributed by atoms with Crippen molar-refractivity contribution in [3.05, 3.63) is 36.4 Å². The third kappa shape index (κ3) is 4.21. The fraction of sp³-hybridized carbons (Fsp3) is 0.500. The normalized spacial score (nSPS) is 18.7. The highest BCUT2D eigenvalue weighted by Crippen LogP contribution is 2.33. The van der Waals surface area contributed by atoms with Crippen LogP contribution in [0.15, 0.2) is 35.5 Å². The zero-order valence-electron chi connectivity index (χ0n) is 15.7. The first-order valence-electron chi connectivity index (χ1n) is 9.37. The van der Waals surface area contributed by atoms with E-state index in [9.17, 15) is 17.2 Å². The third-order valence-corrected chi connectivity index (χ3v) is 6.91. The van der Waals surface area contributed by atoms with E-state index in [-0.39, 0.29) is 30.4 Å². The summed E-state index contributed by atoms with van der Waals surface area (Å²) in [5, 5.41) is 0. The van der Waals surface area contributed by atoms with Crippen molar-refractivity contribution in [2.45, 2.75) is 24.4 Å². The molecule has 1 fully saturated rings. The van der Waals surface area contributed by atoms with E-state index in [1.807, 2.05) is 4.90 Å². The Hall–Kier alpha value is -2.24. The van der Waals surface area contributed by atoms with Crippen LogP contribution in [0, 0.1) is 0 Å². The van der Waals surface area contributed by atoms with Crippen LogP contribution in [0.2, 0.25) is 0 Å². The van der Waals surface area contributed by atoms with Crippen molar-refractivity contribution in [1.82, 2.24) is 18.8 Å². The van der Waals surface area contributed by atoms with Gasteiger partial charge in [0.05, 0.1) is 24.7 Å². The fourth-order valence-electron chi connectivity index (χ4n) is 3.43. The average Bonchev–Trinajstić information content (AvgIpc) is 3.04. The first-order valence-corrected chi connectivity index (χ1v) is 10.8. The smallest absolute Gasteiger partial charge is 0.319 e. The second-order valence-corrected chi connectivity index (χ2v) is 8.81. The number of aromatic nitrogens is 2. The molecule has 11 heteroatoms. The number of ether oxygens (including phenoxy) is 2. The fourth-order valence-corrected chi connectivity index (χ4v) is 4.86. The van der Waals surface area contributed by atoms with E-state index < -0.39 is 16.6 Å². The Morgan fingerprint density at radius 3 is 2.52 bits per heavy atom. The molecule has 0 aliphatic carbocycles. The molecule has 0 atom stereocenters. The molecule has 4 rings (SSSR count). The van der Waals surface area contributed by atoms with Gasteiger partial charge in [0.15, 0.2) is 11.5 Å². The van der Waals surface area contributed by atoms with Gasteiger partial charge >= 0.3 is 6.55 Å². The van der Waals surface area contributed by atoms with Gasteiger partial charge in [-0.25, -0.2) is 13.4 Å². The molecular weight excluding hydrogens is 406 g/mol. The standard InChI is InChI=1S/C18H22F2N4O4S/c19-18(20)24-5-4-21-17(24)13-22-6-8-23(9-7-22)29(25,26)14-2-3-15-16(12-14)28-11-1-10-27-15/h2-5,12,18H,1,6-11,13H2. The van der Waals surface area contributed by atoms with Crippen LogP contribution in [0.25, 0.3) is 0 Å². The van der Waals surface area contributed by atoms with Crippen molar-refractivity contribution in [1.29, 1.82) is 0 Å². The number of benzene rings is 1. The van der Waals surface area contributed by atoms with Crippen LogP contribution < -0.4 is 9.47 Å². The summed E-state index contributed by atoms with van der Waals surface area (Å²) >= 11 is 0. The molecule has 1 saturated heterocycles. The van der Waals surface area contributed by atoms with E-state index >= 15 is 0 Å². The van der Waals surface area contributed by atoms with Crippen molar-refractivity contribution in [3.8, 4) is 11.5 Å². The Balaban J connectivity index is 1.42. The molecule has 0 radical (unpaired) electrons. The van der Waals surface area contributed by atoms with Gasteiger partial charge in [0.1, 0.15) is 5.82 Å². The third-order valence-electron chi connectivity index (χ3n) is 5.01. The molecule has 1 aromatic carbocycles. The van der Waals surface area contributed by atoms with Crippen LogP contribution >= 0.6 is 0 Å². The number of imidazole rings is 1. The number of rotatable bonds is 5. The lowest BCUT2D eigenvalue weighted by molar-refractivity contribution is 0.0626. The van der Waals surface area contributed by atoms with Gasteiger partial charge in [0, 0.05) is 51.1 Å². The molecule has 2 aromatic rings. The second-order valence-electron chi connectivity index (χ2n) is 6.87.